The molecule has 1 aromatic carbocycles. The molecule has 0 spiro atoms. The molecule has 6 nitrogen and oxygen atoms in total. The van der Waals surface area contributed by atoms with Crippen molar-refractivity contribution in [3.8, 4) is 5.75 Å². The Morgan fingerprint density at radius 3 is 2.67 bits per heavy atom. The number of rotatable bonds is 8. The van der Waals surface area contributed by atoms with Gasteiger partial charge in [0, 0.05) is 18.8 Å². The Bertz CT molecular complexity index is 658. The summed E-state index contributed by atoms with van der Waals surface area (Å²) in [6.07, 6.45) is 3.30. The number of nitrogens with one attached hydrogen (secondary N) is 2. The first-order chi connectivity index (χ1) is 11.6. The first-order valence-corrected chi connectivity index (χ1v) is 8.13. The molecular weight excluding hydrogens is 304 g/mol. The lowest BCUT2D eigenvalue weighted by molar-refractivity contribution is 0.0934. The van der Waals surface area contributed by atoms with Gasteiger partial charge in [-0.05, 0) is 43.5 Å². The largest absolute Gasteiger partial charge is 0.497 e. The summed E-state index contributed by atoms with van der Waals surface area (Å²) in [6.45, 7) is 4.67. The summed E-state index contributed by atoms with van der Waals surface area (Å²) < 4.78 is 5.14. The first kappa shape index (κ1) is 17.7. The Hall–Kier alpha value is -2.63. The Morgan fingerprint density at radius 1 is 1.25 bits per heavy atom. The Balaban J connectivity index is 1.88. The van der Waals surface area contributed by atoms with Crippen LogP contribution in [-0.4, -0.2) is 35.6 Å². The highest BCUT2D eigenvalue weighted by Crippen LogP contribution is 2.11. The summed E-state index contributed by atoms with van der Waals surface area (Å²) in [4.78, 5) is 20.5. The molecule has 1 aromatic heterocycles. The van der Waals surface area contributed by atoms with Gasteiger partial charge in [-0.1, -0.05) is 19.1 Å². The van der Waals surface area contributed by atoms with Gasteiger partial charge in [-0.2, -0.15) is 0 Å². The normalized spacial score (nSPS) is 11.6. The molecule has 1 amide bonds. The summed E-state index contributed by atoms with van der Waals surface area (Å²) in [5.41, 5.74) is 1.56. The third-order valence-corrected chi connectivity index (χ3v) is 3.73. The smallest absolute Gasteiger partial charge is 0.270 e. The molecule has 2 rings (SSSR count). The monoisotopic (exact) mass is 328 g/mol. The first-order valence-electron chi connectivity index (χ1n) is 8.13. The summed E-state index contributed by atoms with van der Waals surface area (Å²) in [5.74, 6) is 1.13. The van der Waals surface area contributed by atoms with Crippen LogP contribution in [0.25, 0.3) is 0 Å². The average Bonchev–Trinajstić information content (AvgIpc) is 2.62. The van der Waals surface area contributed by atoms with Gasteiger partial charge < -0.3 is 15.4 Å². The zero-order chi connectivity index (χ0) is 17.4. The van der Waals surface area contributed by atoms with Gasteiger partial charge in [-0.3, -0.25) is 4.79 Å². The molecule has 0 aliphatic rings. The van der Waals surface area contributed by atoms with Crippen molar-refractivity contribution in [3.05, 3.63) is 47.8 Å². The molecule has 0 fully saturated rings. The molecule has 6 heteroatoms. The van der Waals surface area contributed by atoms with Gasteiger partial charge >= 0.3 is 0 Å². The third kappa shape index (κ3) is 5.22. The lowest BCUT2D eigenvalue weighted by atomic mass is 10.1. The van der Waals surface area contributed by atoms with Crippen LogP contribution in [0.2, 0.25) is 0 Å². The number of aromatic nitrogens is 2. The lowest BCUT2D eigenvalue weighted by Gasteiger charge is -2.11. The Kier molecular flexibility index (Phi) is 6.54. The highest BCUT2D eigenvalue weighted by Gasteiger charge is 2.10. The Morgan fingerprint density at radius 2 is 2.00 bits per heavy atom. The number of carbonyl (C=O) groups excluding carboxylic acids is 1. The second-order valence-corrected chi connectivity index (χ2v) is 5.57. The van der Waals surface area contributed by atoms with E-state index in [1.165, 1.54) is 5.56 Å². The second kappa shape index (κ2) is 8.86. The fourth-order valence-corrected chi connectivity index (χ4v) is 2.08. The molecule has 0 saturated heterocycles. The van der Waals surface area contributed by atoms with Crippen LogP contribution in [0.15, 0.2) is 36.5 Å². The Labute approximate surface area is 142 Å². The molecule has 0 aliphatic heterocycles. The molecule has 0 aliphatic carbocycles. The van der Waals surface area contributed by atoms with Gasteiger partial charge in [0.15, 0.2) is 0 Å². The highest BCUT2D eigenvalue weighted by atomic mass is 16.5. The molecule has 0 radical (unpaired) electrons. The van der Waals surface area contributed by atoms with Gasteiger partial charge in [0.2, 0.25) is 5.95 Å². The summed E-state index contributed by atoms with van der Waals surface area (Å²) in [7, 11) is 1.65. The van der Waals surface area contributed by atoms with Gasteiger partial charge in [-0.25, -0.2) is 9.97 Å². The van der Waals surface area contributed by atoms with Crippen LogP contribution < -0.4 is 15.4 Å². The summed E-state index contributed by atoms with van der Waals surface area (Å²) in [5, 5.41) is 6.05. The van der Waals surface area contributed by atoms with Crippen molar-refractivity contribution in [2.75, 3.05) is 19.0 Å². The van der Waals surface area contributed by atoms with Crippen LogP contribution >= 0.6 is 0 Å². The van der Waals surface area contributed by atoms with Crippen LogP contribution in [-0.2, 0) is 6.42 Å². The van der Waals surface area contributed by atoms with Crippen LogP contribution in [0.4, 0.5) is 5.95 Å². The average molecular weight is 328 g/mol. The molecule has 1 atom stereocenters. The maximum Gasteiger partial charge on any atom is 0.270 e. The second-order valence-electron chi connectivity index (χ2n) is 5.57. The van der Waals surface area contributed by atoms with Gasteiger partial charge in [0.1, 0.15) is 11.4 Å². The number of anilines is 1. The van der Waals surface area contributed by atoms with Gasteiger partial charge in [0.25, 0.3) is 5.91 Å². The van der Waals surface area contributed by atoms with E-state index in [1.807, 2.05) is 38.1 Å². The van der Waals surface area contributed by atoms with Crippen LogP contribution in [0.5, 0.6) is 5.75 Å². The molecule has 1 heterocycles. The number of hydrogen-bond donors (Lipinski definition) is 2. The van der Waals surface area contributed by atoms with Gasteiger partial charge in [-0.15, -0.1) is 0 Å². The van der Waals surface area contributed by atoms with Crippen molar-refractivity contribution >= 4 is 11.9 Å². The van der Waals surface area contributed by atoms with E-state index in [0.717, 1.165) is 18.6 Å². The van der Waals surface area contributed by atoms with E-state index in [4.69, 9.17) is 4.74 Å². The quantitative estimate of drug-likeness (QED) is 0.779. The number of nitrogens with zero attached hydrogens (tertiary/aromatic N) is 2. The summed E-state index contributed by atoms with van der Waals surface area (Å²) in [6, 6.07) is 9.66. The molecule has 128 valence electrons. The van der Waals surface area contributed by atoms with Crippen LogP contribution in [0.1, 0.15) is 36.3 Å². The molecule has 2 N–H and O–H groups in total. The van der Waals surface area contributed by atoms with Crippen molar-refractivity contribution in [1.82, 2.24) is 15.3 Å². The molecule has 0 bridgehead atoms. The molecular formula is C18H24N4O2. The predicted molar refractivity (Wildman–Crippen MR) is 94.4 cm³/mol. The minimum atomic E-state index is -0.176. The molecule has 1 unspecified atom stereocenters. The zero-order valence-corrected chi connectivity index (χ0v) is 14.4. The standard InChI is InChI=1S/C18H24N4O2/c1-4-13(2)21-17(23)16-10-12-20-18(22-16)19-11-9-14-5-7-15(24-3)8-6-14/h5-8,10,12-13H,4,9,11H2,1-3H3,(H,21,23)(H,19,20,22). The van der Waals surface area contributed by atoms with Crippen molar-refractivity contribution in [3.63, 3.8) is 0 Å². The maximum atomic E-state index is 12.1. The van der Waals surface area contributed by atoms with E-state index < -0.39 is 0 Å². The highest BCUT2D eigenvalue weighted by molar-refractivity contribution is 5.92. The number of carbonyl (C=O) groups is 1. The van der Waals surface area contributed by atoms with Crippen molar-refractivity contribution in [1.29, 1.82) is 0 Å². The lowest BCUT2D eigenvalue weighted by Crippen LogP contribution is -2.32. The fraction of sp³-hybridized carbons (Fsp3) is 0.389. The van der Waals surface area contributed by atoms with Crippen LogP contribution in [0, 0.1) is 0 Å². The van der Waals surface area contributed by atoms with Crippen molar-refractivity contribution in [2.45, 2.75) is 32.7 Å². The molecule has 24 heavy (non-hydrogen) atoms. The van der Waals surface area contributed by atoms with Gasteiger partial charge in [0.05, 0.1) is 7.11 Å². The van der Waals surface area contributed by atoms with E-state index in [9.17, 15) is 4.79 Å². The summed E-state index contributed by atoms with van der Waals surface area (Å²) >= 11 is 0. The topological polar surface area (TPSA) is 76.1 Å². The number of benzene rings is 1. The van der Waals surface area contributed by atoms with E-state index in [1.54, 1.807) is 19.4 Å². The number of ether oxygens (including phenoxy) is 1. The zero-order valence-electron chi connectivity index (χ0n) is 14.4. The van der Waals surface area contributed by atoms with Crippen molar-refractivity contribution in [2.24, 2.45) is 0 Å². The van der Waals surface area contributed by atoms with E-state index >= 15 is 0 Å². The molecule has 2 aromatic rings. The SMILES string of the molecule is CCC(C)NC(=O)c1ccnc(NCCc2ccc(OC)cc2)n1. The maximum absolute atomic E-state index is 12.1. The third-order valence-electron chi connectivity index (χ3n) is 3.73. The minimum Gasteiger partial charge on any atom is -0.497 e. The number of hydrogen-bond acceptors (Lipinski definition) is 5. The number of methoxy groups -OCH3 is 1. The fourth-order valence-electron chi connectivity index (χ4n) is 2.08. The van der Waals surface area contributed by atoms with Crippen LogP contribution in [0.3, 0.4) is 0 Å². The van der Waals surface area contributed by atoms with E-state index in [-0.39, 0.29) is 11.9 Å². The van der Waals surface area contributed by atoms with E-state index in [2.05, 4.69) is 20.6 Å². The molecule has 0 saturated carbocycles. The predicted octanol–water partition coefficient (Wildman–Crippen LogP) is 2.67. The van der Waals surface area contributed by atoms with Crippen molar-refractivity contribution < 1.29 is 9.53 Å². The minimum absolute atomic E-state index is 0.124. The number of amides is 1. The van der Waals surface area contributed by atoms with E-state index in [0.29, 0.717) is 18.2 Å².